The van der Waals surface area contributed by atoms with E-state index in [0.717, 1.165) is 5.56 Å². The second kappa shape index (κ2) is 7.05. The molecule has 2 aliphatic rings. The molecule has 0 radical (unpaired) electrons. The van der Waals surface area contributed by atoms with Crippen LogP contribution in [0.5, 0.6) is 0 Å². The Kier molecular flexibility index (Phi) is 4.68. The fourth-order valence-electron chi connectivity index (χ4n) is 5.37. The van der Waals surface area contributed by atoms with E-state index in [9.17, 15) is 9.59 Å². The van der Waals surface area contributed by atoms with Crippen molar-refractivity contribution < 1.29 is 9.59 Å². The van der Waals surface area contributed by atoms with E-state index in [4.69, 9.17) is 23.2 Å². The predicted octanol–water partition coefficient (Wildman–Crippen LogP) is 4.46. The molecule has 0 fully saturated rings. The molecule has 3 aromatic rings. The van der Waals surface area contributed by atoms with Crippen molar-refractivity contribution in [3.63, 3.8) is 0 Å². The molecular formula is C24H23Cl2N5O2. The quantitative estimate of drug-likeness (QED) is 0.539. The zero-order valence-corrected chi connectivity index (χ0v) is 20.4. The lowest BCUT2D eigenvalue weighted by molar-refractivity contribution is -0.137. The largest absolute Gasteiger partial charge is 0.314 e. The summed E-state index contributed by atoms with van der Waals surface area (Å²) in [6.45, 7) is 5.55. The Morgan fingerprint density at radius 3 is 2.21 bits per heavy atom. The van der Waals surface area contributed by atoms with Gasteiger partial charge in [0.2, 0.25) is 11.8 Å². The average molecular weight is 484 g/mol. The summed E-state index contributed by atoms with van der Waals surface area (Å²) in [5.74, 6) is 0.0754. The van der Waals surface area contributed by atoms with Gasteiger partial charge >= 0.3 is 0 Å². The highest BCUT2D eigenvalue weighted by molar-refractivity contribution is 6.31. The first-order valence-electron chi connectivity index (χ1n) is 10.6. The molecule has 1 spiro atoms. The Bertz CT molecular complexity index is 1320. The van der Waals surface area contributed by atoms with E-state index >= 15 is 0 Å². The van der Waals surface area contributed by atoms with E-state index in [0.29, 0.717) is 32.8 Å². The zero-order chi connectivity index (χ0) is 23.9. The molecule has 0 unspecified atom stereocenters. The number of nitrogens with zero attached hydrogens (tertiary/aromatic N) is 5. The lowest BCUT2D eigenvalue weighted by atomic mass is 9.58. The fraction of sp³-hybridized carbons (Fsp3) is 0.333. The second-order valence-corrected chi connectivity index (χ2v) is 10.1. The van der Waals surface area contributed by atoms with Crippen molar-refractivity contribution in [2.24, 2.45) is 5.41 Å². The molecule has 0 saturated carbocycles. The van der Waals surface area contributed by atoms with Crippen LogP contribution in [0, 0.1) is 5.41 Å². The summed E-state index contributed by atoms with van der Waals surface area (Å²) in [5, 5.41) is 10.1. The lowest BCUT2D eigenvalue weighted by Crippen LogP contribution is -2.61. The number of carbonyl (C=O) groups excluding carboxylic acids is 2. The van der Waals surface area contributed by atoms with Crippen molar-refractivity contribution in [2.75, 3.05) is 23.9 Å². The van der Waals surface area contributed by atoms with E-state index in [1.807, 2.05) is 37.3 Å². The molecular weight excluding hydrogens is 461 g/mol. The standard InChI is InChI=1S/C24H23Cl2N5O2/c1-13(14-6-8-15(25)9-7-14)31-20-19(27-28-31)24(23(2,3)21(32)30(20)5)17-12-16(26)10-11-18(17)29(4)22(24)33/h6-13H,1-5H3/t13-,24-/m0/s1. The van der Waals surface area contributed by atoms with Gasteiger partial charge in [-0.05, 0) is 56.7 Å². The van der Waals surface area contributed by atoms with Crippen LogP contribution < -0.4 is 9.80 Å². The molecule has 3 heterocycles. The number of halogens is 2. The van der Waals surface area contributed by atoms with Gasteiger partial charge in [-0.3, -0.25) is 14.5 Å². The van der Waals surface area contributed by atoms with Gasteiger partial charge in [0.05, 0.1) is 11.5 Å². The molecule has 1 aromatic heterocycles. The van der Waals surface area contributed by atoms with Gasteiger partial charge in [-0.1, -0.05) is 40.5 Å². The molecule has 5 rings (SSSR count). The minimum atomic E-state index is -1.35. The summed E-state index contributed by atoms with van der Waals surface area (Å²) in [7, 11) is 3.41. The number of benzene rings is 2. The minimum Gasteiger partial charge on any atom is -0.314 e. The Morgan fingerprint density at radius 2 is 1.55 bits per heavy atom. The average Bonchev–Trinajstić information content (AvgIpc) is 3.30. The van der Waals surface area contributed by atoms with Crippen molar-refractivity contribution in [3.05, 3.63) is 69.3 Å². The van der Waals surface area contributed by atoms with E-state index in [-0.39, 0.29) is 17.9 Å². The van der Waals surface area contributed by atoms with Crippen molar-refractivity contribution >= 4 is 46.5 Å². The van der Waals surface area contributed by atoms with Crippen LogP contribution in [0.3, 0.4) is 0 Å². The predicted molar refractivity (Wildman–Crippen MR) is 128 cm³/mol. The van der Waals surface area contributed by atoms with Gasteiger partial charge in [0.25, 0.3) is 0 Å². The highest BCUT2D eigenvalue weighted by Gasteiger charge is 2.68. The summed E-state index contributed by atoms with van der Waals surface area (Å²) in [4.78, 5) is 30.9. The summed E-state index contributed by atoms with van der Waals surface area (Å²) in [6, 6.07) is 12.5. The van der Waals surface area contributed by atoms with Gasteiger partial charge in [-0.15, -0.1) is 5.10 Å². The van der Waals surface area contributed by atoms with Crippen LogP contribution in [-0.2, 0) is 15.0 Å². The van der Waals surface area contributed by atoms with E-state index in [2.05, 4.69) is 10.3 Å². The highest BCUT2D eigenvalue weighted by atomic mass is 35.5. The number of rotatable bonds is 2. The number of fused-ring (bicyclic) bond motifs is 4. The molecule has 2 amide bonds. The summed E-state index contributed by atoms with van der Waals surface area (Å²) in [5.41, 5.74) is 0.306. The number of likely N-dealkylation sites (N-methyl/N-ethyl adjacent to an activating group) is 1. The maximum absolute atomic E-state index is 14.0. The van der Waals surface area contributed by atoms with Crippen molar-refractivity contribution in [1.29, 1.82) is 0 Å². The van der Waals surface area contributed by atoms with Crippen LogP contribution in [0.2, 0.25) is 10.0 Å². The molecule has 33 heavy (non-hydrogen) atoms. The minimum absolute atomic E-state index is 0.198. The first-order chi connectivity index (χ1) is 15.5. The van der Waals surface area contributed by atoms with Crippen LogP contribution in [0.25, 0.3) is 0 Å². The van der Waals surface area contributed by atoms with Gasteiger partial charge < -0.3 is 4.90 Å². The van der Waals surface area contributed by atoms with Gasteiger partial charge in [0.15, 0.2) is 5.82 Å². The van der Waals surface area contributed by atoms with Gasteiger partial charge in [0.1, 0.15) is 11.1 Å². The third kappa shape index (κ3) is 2.63. The van der Waals surface area contributed by atoms with Crippen LogP contribution >= 0.6 is 23.2 Å². The van der Waals surface area contributed by atoms with E-state index in [1.165, 1.54) is 0 Å². The SMILES string of the molecule is C[C@@H](c1ccc(Cl)cc1)n1nnc2c1N(C)C(=O)C(C)(C)[C@]21C(=O)N(C)c2ccc(Cl)cc21. The Balaban J connectivity index is 1.81. The first-order valence-corrected chi connectivity index (χ1v) is 11.4. The van der Waals surface area contributed by atoms with Crippen LogP contribution in [-0.4, -0.2) is 40.9 Å². The normalized spacial score (nSPS) is 22.0. The van der Waals surface area contributed by atoms with Crippen molar-refractivity contribution in [3.8, 4) is 0 Å². The van der Waals surface area contributed by atoms with E-state index in [1.54, 1.807) is 54.6 Å². The van der Waals surface area contributed by atoms with Crippen molar-refractivity contribution in [1.82, 2.24) is 15.0 Å². The summed E-state index contributed by atoms with van der Waals surface area (Å²) >= 11 is 12.4. The molecule has 0 aliphatic carbocycles. The molecule has 9 heteroatoms. The molecule has 7 nitrogen and oxygen atoms in total. The van der Waals surface area contributed by atoms with Crippen LogP contribution in [0.1, 0.15) is 43.6 Å². The second-order valence-electron chi connectivity index (χ2n) is 9.20. The molecule has 2 aromatic carbocycles. The van der Waals surface area contributed by atoms with Crippen molar-refractivity contribution in [2.45, 2.75) is 32.2 Å². The molecule has 0 saturated heterocycles. The number of aromatic nitrogens is 3. The molecule has 2 aliphatic heterocycles. The summed E-state index contributed by atoms with van der Waals surface area (Å²) < 4.78 is 1.70. The third-order valence-corrected chi connectivity index (χ3v) is 7.68. The maximum atomic E-state index is 14.0. The molecule has 2 atom stereocenters. The number of carbonyl (C=O) groups is 2. The van der Waals surface area contributed by atoms with E-state index < -0.39 is 10.8 Å². The first kappa shape index (κ1) is 21.9. The van der Waals surface area contributed by atoms with Gasteiger partial charge in [0, 0.05) is 35.4 Å². The number of hydrogen-bond acceptors (Lipinski definition) is 4. The smallest absolute Gasteiger partial charge is 0.244 e. The highest BCUT2D eigenvalue weighted by Crippen LogP contribution is 2.60. The topological polar surface area (TPSA) is 71.3 Å². The zero-order valence-electron chi connectivity index (χ0n) is 18.9. The Hall–Kier alpha value is -2.90. The monoisotopic (exact) mass is 483 g/mol. The third-order valence-electron chi connectivity index (χ3n) is 7.19. The Labute approximate surface area is 201 Å². The Morgan fingerprint density at radius 1 is 0.909 bits per heavy atom. The van der Waals surface area contributed by atoms with Crippen LogP contribution in [0.15, 0.2) is 42.5 Å². The lowest BCUT2D eigenvalue weighted by Gasteiger charge is -2.46. The summed E-state index contributed by atoms with van der Waals surface area (Å²) in [6.07, 6.45) is 0. The number of anilines is 2. The number of amides is 2. The molecule has 0 N–H and O–H groups in total. The number of hydrogen-bond donors (Lipinski definition) is 0. The maximum Gasteiger partial charge on any atom is 0.244 e. The van der Waals surface area contributed by atoms with Gasteiger partial charge in [-0.2, -0.15) is 0 Å². The fourth-order valence-corrected chi connectivity index (χ4v) is 5.67. The molecule has 170 valence electrons. The molecule has 0 bridgehead atoms. The van der Waals surface area contributed by atoms with Crippen LogP contribution in [0.4, 0.5) is 11.5 Å². The van der Waals surface area contributed by atoms with Gasteiger partial charge in [-0.25, -0.2) is 4.68 Å².